The van der Waals surface area contributed by atoms with Gasteiger partial charge in [0.05, 0.1) is 23.5 Å². The lowest BCUT2D eigenvalue weighted by atomic mass is 9.93. The lowest BCUT2D eigenvalue weighted by molar-refractivity contribution is 0.0346. The van der Waals surface area contributed by atoms with E-state index in [0.29, 0.717) is 18.1 Å². The number of aromatic nitrogens is 6. The summed E-state index contributed by atoms with van der Waals surface area (Å²) in [6.07, 6.45) is 8.58. The molecule has 0 unspecified atom stereocenters. The molecule has 0 aromatic carbocycles. The average Bonchev–Trinajstić information content (AvgIpc) is 3.34. The largest absolute Gasteiger partial charge is 0.379 e. The number of nitrogens with one attached hydrogen (secondary N) is 1. The first-order valence-electron chi connectivity index (χ1n) is 11.2. The van der Waals surface area contributed by atoms with Gasteiger partial charge in [-0.3, -0.25) is 0 Å². The molecule has 0 bridgehead atoms. The number of imidazole rings is 1. The van der Waals surface area contributed by atoms with E-state index in [-0.39, 0.29) is 0 Å². The Bertz CT molecular complexity index is 1200. The highest BCUT2D eigenvalue weighted by atomic mass is 16.5. The summed E-state index contributed by atoms with van der Waals surface area (Å²) < 4.78 is 9.77. The fourth-order valence-electron chi connectivity index (χ4n) is 4.62. The van der Waals surface area contributed by atoms with Crippen molar-refractivity contribution in [2.75, 3.05) is 11.9 Å². The highest BCUT2D eigenvalue weighted by molar-refractivity contribution is 5.82. The van der Waals surface area contributed by atoms with Crippen molar-refractivity contribution in [1.82, 2.24) is 29.1 Å². The number of pyridine rings is 1. The van der Waals surface area contributed by atoms with Crippen LogP contribution in [0.5, 0.6) is 0 Å². The first kappa shape index (κ1) is 19.9. The number of hydrogen-bond donors (Lipinski definition) is 1. The maximum Gasteiger partial charge on any atom is 0.241 e. The van der Waals surface area contributed by atoms with E-state index in [1.54, 1.807) is 0 Å². The minimum atomic E-state index is 0.394. The average molecular weight is 420 g/mol. The maximum absolute atomic E-state index is 5.75. The van der Waals surface area contributed by atoms with E-state index in [1.807, 2.05) is 36.0 Å². The van der Waals surface area contributed by atoms with Gasteiger partial charge in [-0.05, 0) is 64.7 Å². The third-order valence-corrected chi connectivity index (χ3v) is 6.20. The van der Waals surface area contributed by atoms with E-state index in [4.69, 9.17) is 9.72 Å². The van der Waals surface area contributed by atoms with Gasteiger partial charge in [0.25, 0.3) is 0 Å². The van der Waals surface area contributed by atoms with E-state index in [2.05, 4.69) is 44.9 Å². The van der Waals surface area contributed by atoms with Crippen molar-refractivity contribution in [2.45, 2.75) is 65.1 Å². The number of ether oxygens (including phenoxy) is 1. The minimum Gasteiger partial charge on any atom is -0.379 e. The molecule has 1 saturated carbocycles. The van der Waals surface area contributed by atoms with Gasteiger partial charge in [-0.15, -0.1) is 5.10 Å². The van der Waals surface area contributed by atoms with Crippen LogP contribution >= 0.6 is 0 Å². The number of aryl methyl sites for hydroxylation is 2. The van der Waals surface area contributed by atoms with Crippen LogP contribution in [0.1, 0.15) is 45.4 Å². The predicted octanol–water partition coefficient (Wildman–Crippen LogP) is 4.23. The van der Waals surface area contributed by atoms with Crippen LogP contribution in [0.2, 0.25) is 0 Å². The SMILES string of the molecule is CCO[C@H]1CC[C@@H](Nc2ncc3c(-c4ccc5nc(C)n(CC)c5n4)ccn3n2)CC1. The number of nitrogens with zero attached hydrogens (tertiary/aromatic N) is 6. The van der Waals surface area contributed by atoms with Crippen LogP contribution < -0.4 is 5.32 Å². The van der Waals surface area contributed by atoms with Gasteiger partial charge >= 0.3 is 0 Å². The maximum atomic E-state index is 5.75. The standard InChI is InChI=1S/C23H29N7O/c1-4-29-15(3)25-20-11-10-19(27-22(20)29)18-12-13-30-21(18)14-24-23(28-30)26-16-6-8-17(9-7-16)31-5-2/h10-14,16-17H,4-9H2,1-3H3,(H,26,28)/t16-,17+. The third-order valence-electron chi connectivity index (χ3n) is 6.20. The van der Waals surface area contributed by atoms with Crippen LogP contribution in [0.3, 0.4) is 0 Å². The van der Waals surface area contributed by atoms with Gasteiger partial charge in [-0.1, -0.05) is 0 Å². The summed E-state index contributed by atoms with van der Waals surface area (Å²) in [6.45, 7) is 7.83. The second-order valence-corrected chi connectivity index (χ2v) is 8.16. The van der Waals surface area contributed by atoms with E-state index >= 15 is 0 Å². The summed E-state index contributed by atoms with van der Waals surface area (Å²) in [5.74, 6) is 1.65. The summed E-state index contributed by atoms with van der Waals surface area (Å²) in [6, 6.07) is 6.50. The Balaban J connectivity index is 1.38. The Kier molecular flexibility index (Phi) is 5.31. The van der Waals surface area contributed by atoms with E-state index in [9.17, 15) is 0 Å². The molecule has 0 aliphatic heterocycles. The molecule has 1 fully saturated rings. The van der Waals surface area contributed by atoms with Crippen molar-refractivity contribution in [1.29, 1.82) is 0 Å². The lowest BCUT2D eigenvalue weighted by Gasteiger charge is -2.28. The molecule has 31 heavy (non-hydrogen) atoms. The zero-order valence-corrected chi connectivity index (χ0v) is 18.4. The van der Waals surface area contributed by atoms with E-state index < -0.39 is 0 Å². The molecule has 1 aliphatic rings. The van der Waals surface area contributed by atoms with Gasteiger partial charge in [-0.2, -0.15) is 0 Å². The van der Waals surface area contributed by atoms with Crippen LogP contribution in [0.25, 0.3) is 27.9 Å². The van der Waals surface area contributed by atoms with Gasteiger partial charge in [-0.25, -0.2) is 19.5 Å². The van der Waals surface area contributed by atoms with E-state index in [1.165, 1.54) is 0 Å². The first-order chi connectivity index (χ1) is 15.2. The topological polar surface area (TPSA) is 82.2 Å². The monoisotopic (exact) mass is 419 g/mol. The quantitative estimate of drug-likeness (QED) is 0.504. The molecule has 8 heteroatoms. The van der Waals surface area contributed by atoms with Gasteiger partial charge in [0.1, 0.15) is 11.3 Å². The molecule has 0 atom stereocenters. The van der Waals surface area contributed by atoms with Crippen molar-refractivity contribution in [3.63, 3.8) is 0 Å². The van der Waals surface area contributed by atoms with Crippen LogP contribution in [0.15, 0.2) is 30.6 Å². The van der Waals surface area contributed by atoms with Crippen molar-refractivity contribution >= 4 is 22.6 Å². The molecule has 4 aromatic heterocycles. The highest BCUT2D eigenvalue weighted by Crippen LogP contribution is 2.27. The zero-order chi connectivity index (χ0) is 21.4. The van der Waals surface area contributed by atoms with Crippen molar-refractivity contribution in [2.24, 2.45) is 0 Å². The van der Waals surface area contributed by atoms with Crippen molar-refractivity contribution in [3.05, 3.63) is 36.4 Å². The smallest absolute Gasteiger partial charge is 0.241 e. The second-order valence-electron chi connectivity index (χ2n) is 8.16. The second kappa shape index (κ2) is 8.26. The number of anilines is 1. The Morgan fingerprint density at radius 1 is 1.10 bits per heavy atom. The molecule has 0 radical (unpaired) electrons. The molecule has 0 saturated heterocycles. The van der Waals surface area contributed by atoms with Crippen molar-refractivity contribution in [3.8, 4) is 11.3 Å². The Morgan fingerprint density at radius 3 is 2.71 bits per heavy atom. The highest BCUT2D eigenvalue weighted by Gasteiger charge is 2.22. The van der Waals surface area contributed by atoms with Gasteiger partial charge in [0, 0.05) is 31.0 Å². The van der Waals surface area contributed by atoms with E-state index in [0.717, 1.165) is 72.6 Å². The fourth-order valence-corrected chi connectivity index (χ4v) is 4.62. The molecule has 1 N–H and O–H groups in total. The van der Waals surface area contributed by atoms with Crippen LogP contribution in [0.4, 0.5) is 5.95 Å². The summed E-state index contributed by atoms with van der Waals surface area (Å²) in [5, 5.41) is 8.19. The first-order valence-corrected chi connectivity index (χ1v) is 11.2. The summed E-state index contributed by atoms with van der Waals surface area (Å²) in [5.41, 5.74) is 4.71. The predicted molar refractivity (Wildman–Crippen MR) is 121 cm³/mol. The number of rotatable bonds is 6. The lowest BCUT2D eigenvalue weighted by Crippen LogP contribution is -2.30. The summed E-state index contributed by atoms with van der Waals surface area (Å²) >= 11 is 0. The number of fused-ring (bicyclic) bond motifs is 2. The molecule has 8 nitrogen and oxygen atoms in total. The van der Waals surface area contributed by atoms with Crippen molar-refractivity contribution < 1.29 is 4.74 Å². The number of hydrogen-bond acceptors (Lipinski definition) is 6. The third kappa shape index (κ3) is 3.76. The minimum absolute atomic E-state index is 0.394. The van der Waals surface area contributed by atoms with Crippen LogP contribution in [-0.4, -0.2) is 47.9 Å². The normalized spacial score (nSPS) is 19.3. The molecule has 4 aromatic rings. The Morgan fingerprint density at radius 2 is 1.94 bits per heavy atom. The molecule has 0 amide bonds. The molecule has 162 valence electrons. The Hall–Kier alpha value is -3.00. The molecule has 4 heterocycles. The molecular weight excluding hydrogens is 390 g/mol. The molecule has 5 rings (SSSR count). The van der Waals surface area contributed by atoms with Gasteiger partial charge in [0.15, 0.2) is 5.65 Å². The fraction of sp³-hybridized carbons (Fsp3) is 0.478. The summed E-state index contributed by atoms with van der Waals surface area (Å²) in [4.78, 5) is 14.1. The van der Waals surface area contributed by atoms with Crippen LogP contribution in [-0.2, 0) is 11.3 Å². The van der Waals surface area contributed by atoms with Gasteiger partial charge in [0.2, 0.25) is 5.95 Å². The molecule has 1 aliphatic carbocycles. The Labute approximate surface area is 181 Å². The molecule has 0 spiro atoms. The summed E-state index contributed by atoms with van der Waals surface area (Å²) in [7, 11) is 0. The van der Waals surface area contributed by atoms with Crippen LogP contribution in [0, 0.1) is 6.92 Å². The molecular formula is C23H29N7O. The zero-order valence-electron chi connectivity index (χ0n) is 18.4. The van der Waals surface area contributed by atoms with Gasteiger partial charge < -0.3 is 14.6 Å².